The highest BCUT2D eigenvalue weighted by atomic mass is 35.5. The Bertz CT molecular complexity index is 665. The molecule has 0 atom stereocenters. The average Bonchev–Trinajstić information content (AvgIpc) is 2.69. The first-order chi connectivity index (χ1) is 9.31. The van der Waals surface area contributed by atoms with Crippen LogP contribution in [0.25, 0.3) is 5.65 Å². The van der Waals surface area contributed by atoms with E-state index in [1.165, 1.54) is 17.4 Å². The van der Waals surface area contributed by atoms with Crippen LogP contribution < -0.4 is 10.6 Å². The van der Waals surface area contributed by atoms with E-state index in [0.717, 1.165) is 4.90 Å². The lowest BCUT2D eigenvalue weighted by Gasteiger charge is -2.24. The zero-order valence-electron chi connectivity index (χ0n) is 10.4. The largest absolute Gasteiger partial charge is 0.405 e. The third-order valence-electron chi connectivity index (χ3n) is 2.61. The molecule has 6 nitrogen and oxygen atoms in total. The first kappa shape index (κ1) is 14.6. The Morgan fingerprint density at radius 2 is 2.20 bits per heavy atom. The summed E-state index contributed by atoms with van der Waals surface area (Å²) in [5.41, 5.74) is -0.282. The van der Waals surface area contributed by atoms with Crippen molar-refractivity contribution < 1.29 is 13.2 Å². The maximum Gasteiger partial charge on any atom is 0.405 e. The number of nitrogens with one attached hydrogen (secondary N) is 1. The molecule has 2 aromatic heterocycles. The number of hydrogen-bond acceptors (Lipinski definition) is 4. The number of nitrogens with zero attached hydrogens (tertiary/aromatic N) is 4. The number of hydrogen-bond donors (Lipinski definition) is 1. The summed E-state index contributed by atoms with van der Waals surface area (Å²) in [5, 5.41) is 5.94. The minimum Gasteiger partial charge on any atom is -0.346 e. The number of aromatic amines is 1. The van der Waals surface area contributed by atoms with Gasteiger partial charge in [0, 0.05) is 18.5 Å². The molecule has 20 heavy (non-hydrogen) atoms. The Hall–Kier alpha value is -1.77. The maximum atomic E-state index is 12.5. The molecule has 0 bridgehead atoms. The lowest BCUT2D eigenvalue weighted by atomic mass is 10.4. The molecule has 0 unspecified atom stereocenters. The molecule has 110 valence electrons. The fraction of sp³-hybridized carbons (Fsp3) is 0.500. The van der Waals surface area contributed by atoms with Crippen LogP contribution in [0.5, 0.6) is 0 Å². The Balaban J connectivity index is 2.45. The summed E-state index contributed by atoms with van der Waals surface area (Å²) < 4.78 is 38.8. The SMILES string of the molecule is Cc1nc(N(CCCl)CC(F)(F)F)cc2n[nH]c(=O)n12. The van der Waals surface area contributed by atoms with Crippen molar-refractivity contribution in [3.63, 3.8) is 0 Å². The second-order valence-corrected chi connectivity index (χ2v) is 4.49. The second-order valence-electron chi connectivity index (χ2n) is 4.11. The summed E-state index contributed by atoms with van der Waals surface area (Å²) in [6.45, 7) is 0.329. The number of alkyl halides is 4. The van der Waals surface area contributed by atoms with Crippen molar-refractivity contribution in [2.24, 2.45) is 0 Å². The molecule has 1 N–H and O–H groups in total. The average molecular weight is 310 g/mol. The van der Waals surface area contributed by atoms with Gasteiger partial charge in [0.1, 0.15) is 18.2 Å². The van der Waals surface area contributed by atoms with Gasteiger partial charge < -0.3 is 4.90 Å². The molecule has 2 aromatic rings. The summed E-state index contributed by atoms with van der Waals surface area (Å²) in [7, 11) is 0. The smallest absolute Gasteiger partial charge is 0.346 e. The highest BCUT2D eigenvalue weighted by Gasteiger charge is 2.31. The third-order valence-corrected chi connectivity index (χ3v) is 2.77. The van der Waals surface area contributed by atoms with Crippen molar-refractivity contribution in [3.05, 3.63) is 22.4 Å². The molecule has 0 fully saturated rings. The molecule has 10 heteroatoms. The summed E-state index contributed by atoms with van der Waals surface area (Å²) in [4.78, 5) is 16.4. The standard InChI is InChI=1S/C10H11ClF3N5O/c1-6-15-7(4-8-16-17-9(20)19(6)8)18(3-2-11)5-10(12,13)14/h4H,2-3,5H2,1H3,(H,17,20). The van der Waals surface area contributed by atoms with Crippen LogP contribution in [0.1, 0.15) is 5.82 Å². The van der Waals surface area contributed by atoms with Gasteiger partial charge in [0.15, 0.2) is 5.65 Å². The molecular weight excluding hydrogens is 299 g/mol. The van der Waals surface area contributed by atoms with Gasteiger partial charge in [-0.1, -0.05) is 0 Å². The molecule has 0 saturated carbocycles. The number of aryl methyl sites for hydroxylation is 1. The van der Waals surface area contributed by atoms with Crippen molar-refractivity contribution in [2.75, 3.05) is 23.9 Å². The van der Waals surface area contributed by atoms with Crippen molar-refractivity contribution in [1.29, 1.82) is 0 Å². The molecule has 0 aromatic carbocycles. The highest BCUT2D eigenvalue weighted by Crippen LogP contribution is 2.21. The predicted octanol–water partition coefficient (Wildman–Crippen LogP) is 1.33. The summed E-state index contributed by atoms with van der Waals surface area (Å²) in [6, 6.07) is 1.31. The van der Waals surface area contributed by atoms with Gasteiger partial charge in [-0.3, -0.25) is 0 Å². The number of aromatic nitrogens is 4. The molecule has 0 aliphatic heterocycles. The van der Waals surface area contributed by atoms with Crippen LogP contribution in [-0.4, -0.2) is 44.7 Å². The van der Waals surface area contributed by atoms with Crippen molar-refractivity contribution in [3.8, 4) is 0 Å². The lowest BCUT2D eigenvalue weighted by molar-refractivity contribution is -0.119. The highest BCUT2D eigenvalue weighted by molar-refractivity contribution is 6.18. The van der Waals surface area contributed by atoms with Gasteiger partial charge in [-0.2, -0.15) is 18.3 Å². The van der Waals surface area contributed by atoms with E-state index in [4.69, 9.17) is 11.6 Å². The van der Waals surface area contributed by atoms with Crippen molar-refractivity contribution >= 4 is 23.1 Å². The number of rotatable bonds is 4. The van der Waals surface area contributed by atoms with Crippen LogP contribution in [0.4, 0.5) is 19.0 Å². The quantitative estimate of drug-likeness (QED) is 0.865. The topological polar surface area (TPSA) is 66.3 Å². The van der Waals surface area contributed by atoms with E-state index in [0.29, 0.717) is 0 Å². The van der Waals surface area contributed by atoms with Crippen LogP contribution in [0.15, 0.2) is 10.9 Å². The zero-order chi connectivity index (χ0) is 14.9. The van der Waals surface area contributed by atoms with Gasteiger partial charge in [-0.15, -0.1) is 11.6 Å². The molecule has 0 amide bonds. The molecule has 0 saturated heterocycles. The fourth-order valence-corrected chi connectivity index (χ4v) is 2.04. The van der Waals surface area contributed by atoms with Crippen LogP contribution in [0, 0.1) is 6.92 Å². The number of H-pyrrole nitrogens is 1. The summed E-state index contributed by atoms with van der Waals surface area (Å²) in [5.74, 6) is 0.347. The van der Waals surface area contributed by atoms with E-state index >= 15 is 0 Å². The number of fused-ring (bicyclic) bond motifs is 1. The fourth-order valence-electron chi connectivity index (χ4n) is 1.84. The predicted molar refractivity (Wildman–Crippen MR) is 67.3 cm³/mol. The lowest BCUT2D eigenvalue weighted by Crippen LogP contribution is -2.36. The monoisotopic (exact) mass is 309 g/mol. The first-order valence-electron chi connectivity index (χ1n) is 5.64. The Morgan fingerprint density at radius 3 is 2.80 bits per heavy atom. The van der Waals surface area contributed by atoms with Gasteiger partial charge >= 0.3 is 11.9 Å². The molecule has 0 spiro atoms. The molecule has 2 rings (SSSR count). The van der Waals surface area contributed by atoms with E-state index in [1.807, 2.05) is 0 Å². The molecule has 0 aliphatic rings. The number of halogens is 4. The first-order valence-corrected chi connectivity index (χ1v) is 6.18. The molecular formula is C10H11ClF3N5O. The van der Waals surface area contributed by atoms with E-state index in [-0.39, 0.29) is 29.7 Å². The minimum absolute atomic E-state index is 0.0155. The van der Waals surface area contributed by atoms with E-state index < -0.39 is 18.4 Å². The van der Waals surface area contributed by atoms with Gasteiger partial charge in [-0.05, 0) is 6.92 Å². The minimum atomic E-state index is -4.38. The summed E-state index contributed by atoms with van der Waals surface area (Å²) >= 11 is 5.52. The summed E-state index contributed by atoms with van der Waals surface area (Å²) in [6.07, 6.45) is -4.38. The van der Waals surface area contributed by atoms with Crippen LogP contribution in [-0.2, 0) is 0 Å². The Kier molecular flexibility index (Phi) is 3.89. The van der Waals surface area contributed by atoms with Gasteiger partial charge in [-0.25, -0.2) is 19.3 Å². The van der Waals surface area contributed by atoms with Crippen LogP contribution in [0.3, 0.4) is 0 Å². The molecule has 2 heterocycles. The van der Waals surface area contributed by atoms with Crippen LogP contribution in [0.2, 0.25) is 0 Å². The second kappa shape index (κ2) is 5.31. The van der Waals surface area contributed by atoms with Gasteiger partial charge in [0.25, 0.3) is 0 Å². The Labute approximate surface area is 116 Å². The maximum absolute atomic E-state index is 12.5. The number of anilines is 1. The van der Waals surface area contributed by atoms with E-state index in [2.05, 4.69) is 15.2 Å². The van der Waals surface area contributed by atoms with E-state index in [1.54, 1.807) is 0 Å². The Morgan fingerprint density at radius 1 is 1.50 bits per heavy atom. The molecule has 0 aliphatic carbocycles. The van der Waals surface area contributed by atoms with Gasteiger partial charge in [0.2, 0.25) is 0 Å². The van der Waals surface area contributed by atoms with Crippen molar-refractivity contribution in [2.45, 2.75) is 13.1 Å². The van der Waals surface area contributed by atoms with Crippen molar-refractivity contribution in [1.82, 2.24) is 19.6 Å². The van der Waals surface area contributed by atoms with Crippen LogP contribution >= 0.6 is 11.6 Å². The van der Waals surface area contributed by atoms with Gasteiger partial charge in [0.05, 0.1) is 0 Å². The zero-order valence-corrected chi connectivity index (χ0v) is 11.2. The van der Waals surface area contributed by atoms with E-state index in [9.17, 15) is 18.0 Å². The third kappa shape index (κ3) is 3.03. The molecule has 0 radical (unpaired) electrons. The normalized spacial score (nSPS) is 12.1.